The molecule has 33 heavy (non-hydrogen) atoms. The molecule has 176 valence electrons. The second-order valence-electron chi connectivity index (χ2n) is 7.60. The van der Waals surface area contributed by atoms with E-state index >= 15 is 0 Å². The standard InChI is InChI=1S/C20H22N4O8S/c1-13-11-22(12-14(2)32-13)33(30,31)17-5-3-4-15(8-17)20(25)10-21-18-7-6-16(23(26)27)9-19(18)24(28)29/h3-9,13-14,21H,10-12H2,1-2H3. The van der Waals surface area contributed by atoms with Crippen LogP contribution >= 0.6 is 0 Å². The highest BCUT2D eigenvalue weighted by Crippen LogP contribution is 2.29. The van der Waals surface area contributed by atoms with E-state index in [0.29, 0.717) is 0 Å². The smallest absolute Gasteiger partial charge is 0.299 e. The lowest BCUT2D eigenvalue weighted by Gasteiger charge is -2.34. The summed E-state index contributed by atoms with van der Waals surface area (Å²) in [5, 5.41) is 24.7. The van der Waals surface area contributed by atoms with E-state index in [9.17, 15) is 33.4 Å². The monoisotopic (exact) mass is 478 g/mol. The van der Waals surface area contributed by atoms with Gasteiger partial charge in [0, 0.05) is 24.7 Å². The fraction of sp³-hybridized carbons (Fsp3) is 0.350. The lowest BCUT2D eigenvalue weighted by atomic mass is 10.1. The van der Waals surface area contributed by atoms with Gasteiger partial charge in [0.25, 0.3) is 11.4 Å². The quantitative estimate of drug-likeness (QED) is 0.341. The Labute approximate surface area is 189 Å². The SMILES string of the molecule is CC1CN(S(=O)(=O)c2cccc(C(=O)CNc3ccc([N+](=O)[O-])cc3[N+](=O)[O-])c2)CC(C)O1. The maximum Gasteiger partial charge on any atom is 0.299 e. The summed E-state index contributed by atoms with van der Waals surface area (Å²) in [6, 6.07) is 8.56. The van der Waals surface area contributed by atoms with Crippen LogP contribution in [0.2, 0.25) is 0 Å². The molecule has 12 nitrogen and oxygen atoms in total. The van der Waals surface area contributed by atoms with Gasteiger partial charge in [-0.15, -0.1) is 0 Å². The van der Waals surface area contributed by atoms with Crippen LogP contribution in [-0.4, -0.2) is 60.2 Å². The maximum absolute atomic E-state index is 13.1. The molecule has 0 aliphatic carbocycles. The second kappa shape index (κ2) is 9.60. The van der Waals surface area contributed by atoms with E-state index in [-0.39, 0.29) is 48.0 Å². The van der Waals surface area contributed by atoms with Crippen LogP contribution in [0.25, 0.3) is 0 Å². The van der Waals surface area contributed by atoms with E-state index in [2.05, 4.69) is 5.32 Å². The van der Waals surface area contributed by atoms with Crippen molar-refractivity contribution in [3.63, 3.8) is 0 Å². The number of carbonyl (C=O) groups excluding carboxylic acids is 1. The molecular formula is C20H22N4O8S. The van der Waals surface area contributed by atoms with E-state index in [0.717, 1.165) is 18.2 Å². The van der Waals surface area contributed by atoms with Crippen molar-refractivity contribution in [1.82, 2.24) is 4.31 Å². The number of ether oxygens (including phenoxy) is 1. The third-order valence-electron chi connectivity index (χ3n) is 5.01. The maximum atomic E-state index is 13.1. The third-order valence-corrected chi connectivity index (χ3v) is 6.84. The molecule has 2 aromatic rings. The zero-order valence-electron chi connectivity index (χ0n) is 17.8. The summed E-state index contributed by atoms with van der Waals surface area (Å²) in [4.78, 5) is 33.2. The van der Waals surface area contributed by atoms with Gasteiger partial charge < -0.3 is 10.1 Å². The van der Waals surface area contributed by atoms with E-state index in [1.54, 1.807) is 13.8 Å². The van der Waals surface area contributed by atoms with Gasteiger partial charge in [-0.2, -0.15) is 4.31 Å². The number of hydrogen-bond donors (Lipinski definition) is 1. The summed E-state index contributed by atoms with van der Waals surface area (Å²) in [6.45, 7) is 3.56. The lowest BCUT2D eigenvalue weighted by molar-refractivity contribution is -0.393. The molecule has 0 bridgehead atoms. The highest BCUT2D eigenvalue weighted by molar-refractivity contribution is 7.89. The topological polar surface area (TPSA) is 162 Å². The number of sulfonamides is 1. The van der Waals surface area contributed by atoms with Crippen LogP contribution in [0.5, 0.6) is 0 Å². The summed E-state index contributed by atoms with van der Waals surface area (Å²) in [5.41, 5.74) is -0.978. The van der Waals surface area contributed by atoms with Crippen molar-refractivity contribution in [2.45, 2.75) is 31.0 Å². The number of benzene rings is 2. The molecule has 0 saturated carbocycles. The van der Waals surface area contributed by atoms with Crippen LogP contribution in [-0.2, 0) is 14.8 Å². The van der Waals surface area contributed by atoms with Gasteiger partial charge in [0.15, 0.2) is 5.78 Å². The summed E-state index contributed by atoms with van der Waals surface area (Å²) < 4.78 is 33.0. The van der Waals surface area contributed by atoms with Crippen LogP contribution in [0.3, 0.4) is 0 Å². The molecule has 0 amide bonds. The highest BCUT2D eigenvalue weighted by Gasteiger charge is 2.32. The van der Waals surface area contributed by atoms with Gasteiger partial charge in [-0.1, -0.05) is 12.1 Å². The highest BCUT2D eigenvalue weighted by atomic mass is 32.2. The molecule has 1 aliphatic rings. The first kappa shape index (κ1) is 24.2. The number of anilines is 1. The number of nitrogens with one attached hydrogen (secondary N) is 1. The molecule has 2 aromatic carbocycles. The number of rotatable bonds is 8. The summed E-state index contributed by atoms with van der Waals surface area (Å²) >= 11 is 0. The Balaban J connectivity index is 1.78. The number of nitrogens with zero attached hydrogens (tertiary/aromatic N) is 3. The Morgan fingerprint density at radius 3 is 2.36 bits per heavy atom. The van der Waals surface area contributed by atoms with Gasteiger partial charge in [0.1, 0.15) is 5.69 Å². The fourth-order valence-electron chi connectivity index (χ4n) is 3.52. The van der Waals surface area contributed by atoms with E-state index in [1.807, 2.05) is 0 Å². The summed E-state index contributed by atoms with van der Waals surface area (Å²) in [7, 11) is -3.85. The number of non-ortho nitro benzene ring substituents is 1. The predicted molar refractivity (Wildman–Crippen MR) is 118 cm³/mol. The van der Waals surface area contributed by atoms with Crippen molar-refractivity contribution in [2.24, 2.45) is 0 Å². The van der Waals surface area contributed by atoms with Crippen LogP contribution < -0.4 is 5.32 Å². The number of nitro groups is 2. The minimum atomic E-state index is -3.85. The molecule has 2 unspecified atom stereocenters. The molecular weight excluding hydrogens is 456 g/mol. The average molecular weight is 478 g/mol. The van der Waals surface area contributed by atoms with Gasteiger partial charge in [-0.3, -0.25) is 25.0 Å². The lowest BCUT2D eigenvalue weighted by Crippen LogP contribution is -2.48. The molecule has 0 radical (unpaired) electrons. The van der Waals surface area contributed by atoms with Crippen molar-refractivity contribution in [2.75, 3.05) is 25.0 Å². The molecule has 1 aliphatic heterocycles. The first-order chi connectivity index (χ1) is 15.5. The first-order valence-corrected chi connectivity index (χ1v) is 11.4. The molecule has 1 N–H and O–H groups in total. The molecule has 1 fully saturated rings. The Hall–Kier alpha value is -3.42. The van der Waals surface area contributed by atoms with Gasteiger partial charge in [0.2, 0.25) is 10.0 Å². The Morgan fingerprint density at radius 1 is 1.09 bits per heavy atom. The number of ketones is 1. The van der Waals surface area contributed by atoms with Crippen LogP contribution in [0.1, 0.15) is 24.2 Å². The molecule has 2 atom stereocenters. The third kappa shape index (κ3) is 5.50. The Bertz CT molecular complexity index is 1190. The number of hydrogen-bond acceptors (Lipinski definition) is 9. The second-order valence-corrected chi connectivity index (χ2v) is 9.54. The number of nitro benzene ring substituents is 2. The minimum absolute atomic E-state index is 0.0454. The normalized spacial score (nSPS) is 19.1. The van der Waals surface area contributed by atoms with E-state index < -0.39 is 37.0 Å². The summed E-state index contributed by atoms with van der Waals surface area (Å²) in [6.07, 6.45) is -0.537. The van der Waals surface area contributed by atoms with Gasteiger partial charge in [-0.25, -0.2) is 8.42 Å². The minimum Gasteiger partial charge on any atom is -0.373 e. The summed E-state index contributed by atoms with van der Waals surface area (Å²) in [5.74, 6) is -0.511. The molecule has 1 saturated heterocycles. The van der Waals surface area contributed by atoms with Crippen molar-refractivity contribution >= 4 is 32.9 Å². The van der Waals surface area contributed by atoms with Crippen LogP contribution in [0.15, 0.2) is 47.4 Å². The molecule has 0 aromatic heterocycles. The largest absolute Gasteiger partial charge is 0.373 e. The number of morpholine rings is 1. The van der Waals surface area contributed by atoms with Gasteiger partial charge in [-0.05, 0) is 32.0 Å². The van der Waals surface area contributed by atoms with Crippen molar-refractivity contribution in [3.8, 4) is 0 Å². The van der Waals surface area contributed by atoms with Crippen LogP contribution in [0.4, 0.5) is 17.1 Å². The Morgan fingerprint density at radius 2 is 1.76 bits per heavy atom. The molecule has 3 rings (SSSR count). The predicted octanol–water partition coefficient (Wildman–Crippen LogP) is 2.60. The average Bonchev–Trinajstić information content (AvgIpc) is 2.76. The van der Waals surface area contributed by atoms with Gasteiger partial charge >= 0.3 is 0 Å². The van der Waals surface area contributed by atoms with E-state index in [4.69, 9.17) is 4.74 Å². The van der Waals surface area contributed by atoms with Crippen molar-refractivity contribution in [1.29, 1.82) is 0 Å². The number of Topliss-reactive ketones (excluding diaryl/α,β-unsaturated/α-hetero) is 1. The fourth-order valence-corrected chi connectivity index (χ4v) is 5.15. The molecule has 0 spiro atoms. The van der Waals surface area contributed by atoms with Gasteiger partial charge in [0.05, 0.1) is 39.6 Å². The molecule has 13 heteroatoms. The van der Waals surface area contributed by atoms with E-state index in [1.165, 1.54) is 28.6 Å². The van der Waals surface area contributed by atoms with Crippen molar-refractivity contribution < 1.29 is 27.8 Å². The van der Waals surface area contributed by atoms with Crippen molar-refractivity contribution in [3.05, 3.63) is 68.3 Å². The zero-order valence-corrected chi connectivity index (χ0v) is 18.6. The Kier molecular flexibility index (Phi) is 7.05. The first-order valence-electron chi connectivity index (χ1n) is 9.94. The molecule has 1 heterocycles. The van der Waals surface area contributed by atoms with Crippen LogP contribution in [0, 0.1) is 20.2 Å². The zero-order chi connectivity index (χ0) is 24.3. The number of carbonyl (C=O) groups is 1.